The van der Waals surface area contributed by atoms with Crippen LogP contribution in [0.2, 0.25) is 0 Å². The molecule has 9 heteroatoms. The number of halogens is 4. The summed E-state index contributed by atoms with van der Waals surface area (Å²) in [5.41, 5.74) is -3.24. The van der Waals surface area contributed by atoms with E-state index in [1.165, 1.54) is 32.9 Å². The Kier molecular flexibility index (Phi) is 6.31. The van der Waals surface area contributed by atoms with Crippen molar-refractivity contribution in [2.24, 2.45) is 0 Å². The third kappa shape index (κ3) is 4.74. The smallest absolute Gasteiger partial charge is 0.364 e. The van der Waals surface area contributed by atoms with Gasteiger partial charge >= 0.3 is 5.97 Å². The second-order valence-electron chi connectivity index (χ2n) is 6.51. The van der Waals surface area contributed by atoms with E-state index >= 15 is 0 Å². The topological polar surface area (TPSA) is 72.4 Å². The molecule has 0 aliphatic carbocycles. The van der Waals surface area contributed by atoms with Crippen LogP contribution in [0, 0.1) is 5.82 Å². The van der Waals surface area contributed by atoms with Crippen LogP contribution < -0.4 is 4.72 Å². The summed E-state index contributed by atoms with van der Waals surface area (Å²) in [6, 6.07) is 4.50. The van der Waals surface area contributed by atoms with E-state index in [9.17, 15) is 26.9 Å². The summed E-state index contributed by atoms with van der Waals surface area (Å²) in [5.74, 6) is -9.53. The van der Waals surface area contributed by atoms with E-state index < -0.39 is 56.8 Å². The molecule has 0 amide bonds. The monoisotopic (exact) mass is 381 g/mol. The summed E-state index contributed by atoms with van der Waals surface area (Å²) >= 11 is -2.08. The molecule has 2 atom stereocenters. The molecular formula is C16H19F4NO3S. The second kappa shape index (κ2) is 7.35. The number of nitrogens with one attached hydrogen (secondary N) is 1. The lowest BCUT2D eigenvalue weighted by Gasteiger charge is -2.39. The van der Waals surface area contributed by atoms with E-state index in [0.29, 0.717) is 0 Å². The number of carbonyl (C=O) groups is 1. The third-order valence-electron chi connectivity index (χ3n) is 3.44. The molecule has 0 fully saturated rings. The molecule has 0 radical (unpaired) electrons. The summed E-state index contributed by atoms with van der Waals surface area (Å²) in [4.78, 5) is 10.6. The number of hydrogen-bond donors (Lipinski definition) is 2. The van der Waals surface area contributed by atoms with Gasteiger partial charge in [0, 0.05) is 23.0 Å². The first-order chi connectivity index (χ1) is 11.2. The zero-order valence-electron chi connectivity index (χ0n) is 14.1. The zero-order valence-corrected chi connectivity index (χ0v) is 14.9. The Morgan fingerprint density at radius 2 is 1.76 bits per heavy atom. The molecule has 0 saturated heterocycles. The van der Waals surface area contributed by atoms with Crippen molar-refractivity contribution >= 4 is 17.3 Å². The Hall–Kier alpha value is -1.58. The van der Waals surface area contributed by atoms with Gasteiger partial charge in [0.05, 0.1) is 0 Å². The number of alkyl halides is 2. The molecule has 0 aliphatic heterocycles. The van der Waals surface area contributed by atoms with Crippen LogP contribution in [0.1, 0.15) is 33.3 Å². The van der Waals surface area contributed by atoms with Crippen LogP contribution in [-0.4, -0.2) is 26.3 Å². The Morgan fingerprint density at radius 1 is 1.24 bits per heavy atom. The first-order valence-corrected chi connectivity index (χ1v) is 8.31. The Bertz CT molecular complexity index is 676. The summed E-state index contributed by atoms with van der Waals surface area (Å²) < 4.78 is 70.5. The molecule has 1 aromatic rings. The van der Waals surface area contributed by atoms with Gasteiger partial charge in [0.25, 0.3) is 5.92 Å². The highest BCUT2D eigenvalue weighted by molar-refractivity contribution is 7.90. The number of carboxylic acids is 1. The lowest BCUT2D eigenvalue weighted by atomic mass is 9.85. The van der Waals surface area contributed by atoms with Crippen LogP contribution in [0.25, 0.3) is 0 Å². The first kappa shape index (κ1) is 21.5. The molecule has 140 valence electrons. The second-order valence-corrected chi connectivity index (χ2v) is 8.47. The molecular weight excluding hydrogens is 362 g/mol. The molecule has 25 heavy (non-hydrogen) atoms. The van der Waals surface area contributed by atoms with Gasteiger partial charge in [-0.05, 0) is 33.8 Å². The molecule has 0 saturated carbocycles. The number of hydrogen-bond acceptors (Lipinski definition) is 3. The van der Waals surface area contributed by atoms with E-state index in [2.05, 4.69) is 4.72 Å². The molecule has 0 heterocycles. The van der Waals surface area contributed by atoms with Crippen molar-refractivity contribution in [2.45, 2.75) is 43.9 Å². The Morgan fingerprint density at radius 3 is 2.20 bits per heavy atom. The van der Waals surface area contributed by atoms with Gasteiger partial charge in [-0.25, -0.2) is 9.18 Å². The summed E-state index contributed by atoms with van der Waals surface area (Å²) in [6.45, 7) is 5.35. The van der Waals surface area contributed by atoms with Crippen LogP contribution in [-0.2, 0) is 21.7 Å². The van der Waals surface area contributed by atoms with Gasteiger partial charge < -0.3 is 9.66 Å². The number of aliphatic carboxylic acids is 1. The van der Waals surface area contributed by atoms with E-state index in [1.54, 1.807) is 0 Å². The standard InChI is InChI=1S/C16H19F4NO3S/c1-14(2,3)25(24)21-15(4,10-7-5-6-8-11(10)17)16(19,20)9-12(18)13(22)23/h5-9,21H,1-4H3,(H,22,23). The summed E-state index contributed by atoms with van der Waals surface area (Å²) in [6.07, 6.45) is -0.422. The fourth-order valence-electron chi connectivity index (χ4n) is 1.87. The maximum absolute atomic E-state index is 14.8. The fraction of sp³-hybridized carbons (Fsp3) is 0.438. The van der Waals surface area contributed by atoms with Crippen molar-refractivity contribution in [3.63, 3.8) is 0 Å². The van der Waals surface area contributed by atoms with Crippen LogP contribution in [0.4, 0.5) is 17.6 Å². The molecule has 2 N–H and O–H groups in total. The molecule has 1 rings (SSSR count). The molecule has 0 bridgehead atoms. The van der Waals surface area contributed by atoms with Gasteiger partial charge in [-0.2, -0.15) is 13.2 Å². The highest BCUT2D eigenvalue weighted by Gasteiger charge is 2.56. The molecule has 0 spiro atoms. The highest BCUT2D eigenvalue weighted by Crippen LogP contribution is 2.42. The molecule has 2 unspecified atom stereocenters. The quantitative estimate of drug-likeness (QED) is 0.448. The van der Waals surface area contributed by atoms with Crippen molar-refractivity contribution in [1.29, 1.82) is 0 Å². The maximum atomic E-state index is 14.8. The molecule has 0 aliphatic rings. The van der Waals surface area contributed by atoms with E-state index in [4.69, 9.17) is 5.11 Å². The molecule has 1 aromatic carbocycles. The van der Waals surface area contributed by atoms with Gasteiger partial charge in [0.2, 0.25) is 5.83 Å². The van der Waals surface area contributed by atoms with Crippen molar-refractivity contribution in [3.8, 4) is 0 Å². The summed E-state index contributed by atoms with van der Waals surface area (Å²) in [7, 11) is 0. The molecule has 4 nitrogen and oxygen atoms in total. The van der Waals surface area contributed by atoms with Crippen molar-refractivity contribution in [1.82, 2.24) is 4.72 Å². The van der Waals surface area contributed by atoms with Crippen LogP contribution in [0.15, 0.2) is 36.2 Å². The maximum Gasteiger partial charge on any atom is 0.364 e. The number of benzene rings is 1. The minimum absolute atomic E-state index is 0.422. The average molecular weight is 381 g/mol. The molecule has 0 aromatic heterocycles. The van der Waals surface area contributed by atoms with Gasteiger partial charge in [-0.3, -0.25) is 0 Å². The van der Waals surface area contributed by atoms with Gasteiger partial charge in [-0.15, -0.1) is 4.72 Å². The van der Waals surface area contributed by atoms with Crippen LogP contribution in [0.3, 0.4) is 0 Å². The van der Waals surface area contributed by atoms with E-state index in [-0.39, 0.29) is 0 Å². The van der Waals surface area contributed by atoms with Crippen molar-refractivity contribution in [3.05, 3.63) is 47.5 Å². The lowest BCUT2D eigenvalue weighted by molar-refractivity contribution is -0.134. The van der Waals surface area contributed by atoms with Crippen molar-refractivity contribution < 1.29 is 32.0 Å². The zero-order chi connectivity index (χ0) is 19.6. The predicted octanol–water partition coefficient (Wildman–Crippen LogP) is 3.67. The van der Waals surface area contributed by atoms with Crippen molar-refractivity contribution in [2.75, 3.05) is 0 Å². The van der Waals surface area contributed by atoms with Crippen LogP contribution in [0.5, 0.6) is 0 Å². The normalized spacial score (nSPS) is 17.1. The first-order valence-electron chi connectivity index (χ1n) is 7.16. The van der Waals surface area contributed by atoms with Crippen LogP contribution >= 0.6 is 0 Å². The number of rotatable bonds is 6. The average Bonchev–Trinajstić information content (AvgIpc) is 2.45. The third-order valence-corrected chi connectivity index (χ3v) is 5.15. The number of carboxylic acid groups (broad SMARTS) is 1. The predicted molar refractivity (Wildman–Crippen MR) is 86.6 cm³/mol. The van der Waals surface area contributed by atoms with E-state index in [1.807, 2.05) is 0 Å². The minimum Gasteiger partial charge on any atom is -0.598 e. The SMILES string of the molecule is CC(C)(C)[S+]([O-])NC(C)(c1ccccc1F)C(F)(F)C=C(F)C(=O)O. The Labute approximate surface area is 146 Å². The van der Waals surface area contributed by atoms with Gasteiger partial charge in [-0.1, -0.05) is 18.2 Å². The summed E-state index contributed by atoms with van der Waals surface area (Å²) in [5, 5.41) is 8.52. The van der Waals surface area contributed by atoms with Gasteiger partial charge in [0.15, 0.2) is 5.54 Å². The largest absolute Gasteiger partial charge is 0.598 e. The minimum atomic E-state index is -4.21. The van der Waals surface area contributed by atoms with E-state index in [0.717, 1.165) is 19.1 Å². The highest BCUT2D eigenvalue weighted by atomic mass is 32.2. The lowest BCUT2D eigenvalue weighted by Crippen LogP contribution is -2.58. The fourth-order valence-corrected chi connectivity index (χ4v) is 2.80. The Balaban J connectivity index is 3.55. The van der Waals surface area contributed by atoms with Gasteiger partial charge in [0.1, 0.15) is 10.6 Å².